The van der Waals surface area contributed by atoms with Crippen LogP contribution >= 0.6 is 43.5 Å². The fourth-order valence-corrected chi connectivity index (χ4v) is 3.58. The fraction of sp³-hybridized carbons (Fsp3) is 0.0588. The first kappa shape index (κ1) is 18.5. The van der Waals surface area contributed by atoms with Gasteiger partial charge in [0.25, 0.3) is 5.91 Å². The van der Waals surface area contributed by atoms with E-state index < -0.39 is 5.91 Å². The summed E-state index contributed by atoms with van der Waals surface area (Å²) in [5.41, 5.74) is 1.22. The zero-order valence-electron chi connectivity index (χ0n) is 12.4. The lowest BCUT2D eigenvalue weighted by molar-refractivity contribution is -0.112. The zero-order valence-corrected chi connectivity index (χ0v) is 16.4. The molecular weight excluding hydrogens is 459 g/mol. The van der Waals surface area contributed by atoms with Crippen molar-refractivity contribution in [3.05, 3.63) is 61.5 Å². The third kappa shape index (κ3) is 4.60. The van der Waals surface area contributed by atoms with E-state index in [9.17, 15) is 10.1 Å². The van der Waals surface area contributed by atoms with Gasteiger partial charge < -0.3 is 10.1 Å². The molecule has 2 aromatic carbocycles. The summed E-state index contributed by atoms with van der Waals surface area (Å²) in [4.78, 5) is 12.2. The monoisotopic (exact) mass is 468 g/mol. The Morgan fingerprint density at radius 2 is 1.83 bits per heavy atom. The highest BCUT2D eigenvalue weighted by Gasteiger charge is 2.12. The van der Waals surface area contributed by atoms with E-state index in [1.54, 1.807) is 43.5 Å². The van der Waals surface area contributed by atoms with Gasteiger partial charge in [-0.25, -0.2) is 0 Å². The van der Waals surface area contributed by atoms with Crippen molar-refractivity contribution in [2.24, 2.45) is 0 Å². The number of hydrogen-bond acceptors (Lipinski definition) is 3. The van der Waals surface area contributed by atoms with Crippen LogP contribution in [0.1, 0.15) is 5.56 Å². The first-order chi connectivity index (χ1) is 11.4. The van der Waals surface area contributed by atoms with Crippen molar-refractivity contribution in [1.82, 2.24) is 0 Å². The molecule has 24 heavy (non-hydrogen) atoms. The summed E-state index contributed by atoms with van der Waals surface area (Å²) in [7, 11) is 1.56. The number of halogens is 3. The number of carbonyl (C=O) groups is 1. The number of nitriles is 1. The third-order valence-electron chi connectivity index (χ3n) is 3.00. The highest BCUT2D eigenvalue weighted by atomic mass is 79.9. The molecule has 0 aliphatic rings. The number of benzene rings is 2. The molecule has 0 aliphatic heterocycles. The van der Waals surface area contributed by atoms with Gasteiger partial charge in [-0.05, 0) is 79.9 Å². The van der Waals surface area contributed by atoms with Crippen LogP contribution in [-0.4, -0.2) is 13.0 Å². The number of hydrogen-bond donors (Lipinski definition) is 1. The maximum absolute atomic E-state index is 12.2. The molecule has 4 nitrogen and oxygen atoms in total. The van der Waals surface area contributed by atoms with E-state index in [4.69, 9.17) is 16.3 Å². The van der Waals surface area contributed by atoms with Crippen molar-refractivity contribution >= 4 is 61.1 Å². The van der Waals surface area contributed by atoms with E-state index in [1.807, 2.05) is 6.07 Å². The van der Waals surface area contributed by atoms with E-state index in [0.717, 1.165) is 0 Å². The van der Waals surface area contributed by atoms with Gasteiger partial charge in [-0.2, -0.15) is 5.26 Å². The summed E-state index contributed by atoms with van der Waals surface area (Å²) in [6.45, 7) is 0. The molecule has 2 aromatic rings. The summed E-state index contributed by atoms with van der Waals surface area (Å²) in [5, 5.41) is 12.5. The summed E-state index contributed by atoms with van der Waals surface area (Å²) < 4.78 is 6.65. The second kappa shape index (κ2) is 8.34. The summed E-state index contributed by atoms with van der Waals surface area (Å²) in [6, 6.07) is 12.1. The van der Waals surface area contributed by atoms with Gasteiger partial charge in [-0.3, -0.25) is 4.79 Å². The number of nitrogens with one attached hydrogen (secondary N) is 1. The number of nitrogens with zero attached hydrogens (tertiary/aromatic N) is 1. The molecule has 0 radical (unpaired) electrons. The van der Waals surface area contributed by atoms with Gasteiger partial charge >= 0.3 is 0 Å². The van der Waals surface area contributed by atoms with E-state index in [0.29, 0.717) is 31.0 Å². The lowest BCUT2D eigenvalue weighted by Crippen LogP contribution is -2.13. The average Bonchev–Trinajstić information content (AvgIpc) is 2.54. The van der Waals surface area contributed by atoms with E-state index in [-0.39, 0.29) is 5.57 Å². The summed E-state index contributed by atoms with van der Waals surface area (Å²) in [6.07, 6.45) is 1.50. The highest BCUT2D eigenvalue weighted by molar-refractivity contribution is 9.11. The number of rotatable bonds is 4. The molecule has 2 rings (SSSR count). The number of amides is 1. The fourth-order valence-electron chi connectivity index (χ4n) is 1.90. The SMILES string of the molecule is COc1c(Br)cc(/C=C(/C#N)C(=O)Nc2ccc(Cl)cc2)cc1Br. The molecule has 0 unspecified atom stereocenters. The molecule has 0 spiro atoms. The minimum atomic E-state index is -0.497. The summed E-state index contributed by atoms with van der Waals surface area (Å²) >= 11 is 12.6. The molecule has 0 atom stereocenters. The lowest BCUT2D eigenvalue weighted by Gasteiger charge is -2.08. The van der Waals surface area contributed by atoms with Crippen molar-refractivity contribution in [2.45, 2.75) is 0 Å². The number of anilines is 1. The van der Waals surface area contributed by atoms with Gasteiger partial charge in [0, 0.05) is 10.7 Å². The lowest BCUT2D eigenvalue weighted by atomic mass is 10.1. The molecule has 7 heteroatoms. The van der Waals surface area contributed by atoms with Crippen LogP contribution in [0, 0.1) is 11.3 Å². The molecule has 0 heterocycles. The second-order valence-corrected chi connectivity index (χ2v) is 6.79. The third-order valence-corrected chi connectivity index (χ3v) is 4.43. The highest BCUT2D eigenvalue weighted by Crippen LogP contribution is 2.35. The number of ether oxygens (including phenoxy) is 1. The topological polar surface area (TPSA) is 62.1 Å². The van der Waals surface area contributed by atoms with Gasteiger partial charge in [0.05, 0.1) is 16.1 Å². The molecule has 0 aliphatic carbocycles. The molecule has 122 valence electrons. The largest absolute Gasteiger partial charge is 0.494 e. The molecule has 1 amide bonds. The minimum Gasteiger partial charge on any atom is -0.494 e. The van der Waals surface area contributed by atoms with Gasteiger partial charge in [-0.15, -0.1) is 0 Å². The van der Waals surface area contributed by atoms with Crippen molar-refractivity contribution in [3.8, 4) is 11.8 Å². The first-order valence-corrected chi connectivity index (χ1v) is 8.62. The average molecular weight is 471 g/mol. The van der Waals surface area contributed by atoms with Gasteiger partial charge in [-0.1, -0.05) is 11.6 Å². The van der Waals surface area contributed by atoms with Gasteiger partial charge in [0.15, 0.2) is 0 Å². The zero-order chi connectivity index (χ0) is 17.7. The van der Waals surface area contributed by atoms with Crippen LogP contribution < -0.4 is 10.1 Å². The predicted molar refractivity (Wildman–Crippen MR) is 102 cm³/mol. The van der Waals surface area contributed by atoms with Crippen LogP contribution in [0.3, 0.4) is 0 Å². The Morgan fingerprint density at radius 1 is 1.25 bits per heavy atom. The van der Waals surface area contributed by atoms with Crippen molar-refractivity contribution in [1.29, 1.82) is 5.26 Å². The van der Waals surface area contributed by atoms with Crippen LogP contribution in [0.25, 0.3) is 6.08 Å². The van der Waals surface area contributed by atoms with Crippen LogP contribution in [0.4, 0.5) is 5.69 Å². The second-order valence-electron chi connectivity index (χ2n) is 4.65. The van der Waals surface area contributed by atoms with Crippen molar-refractivity contribution in [2.75, 3.05) is 12.4 Å². The van der Waals surface area contributed by atoms with Crippen molar-refractivity contribution < 1.29 is 9.53 Å². The Morgan fingerprint density at radius 3 is 2.33 bits per heavy atom. The molecule has 0 bridgehead atoms. The van der Waals surface area contributed by atoms with E-state index >= 15 is 0 Å². The molecule has 1 N–H and O–H groups in total. The van der Waals surface area contributed by atoms with Crippen molar-refractivity contribution in [3.63, 3.8) is 0 Å². The van der Waals surface area contributed by atoms with Crippen LogP contribution in [0.2, 0.25) is 5.02 Å². The van der Waals surface area contributed by atoms with Gasteiger partial charge in [0.2, 0.25) is 0 Å². The minimum absolute atomic E-state index is 0.0195. The maximum atomic E-state index is 12.2. The Kier molecular flexibility index (Phi) is 6.44. The Balaban J connectivity index is 2.27. The van der Waals surface area contributed by atoms with Crippen LogP contribution in [-0.2, 0) is 4.79 Å². The molecule has 0 fully saturated rings. The quantitative estimate of drug-likeness (QED) is 0.480. The Bertz CT molecular complexity index is 820. The first-order valence-electron chi connectivity index (χ1n) is 6.66. The Labute approximate surface area is 161 Å². The van der Waals surface area contributed by atoms with E-state index in [2.05, 4.69) is 37.2 Å². The standard InChI is InChI=1S/C17H11Br2ClN2O2/c1-24-16-14(18)7-10(8-15(16)19)6-11(9-21)17(23)22-13-4-2-12(20)3-5-13/h2-8H,1H3,(H,22,23)/b11-6-. The molecule has 0 aromatic heterocycles. The molecule has 0 saturated heterocycles. The normalized spacial score (nSPS) is 10.9. The number of carbonyl (C=O) groups excluding carboxylic acids is 1. The smallest absolute Gasteiger partial charge is 0.266 e. The maximum Gasteiger partial charge on any atom is 0.266 e. The predicted octanol–water partition coefficient (Wildman–Crippen LogP) is 5.42. The van der Waals surface area contributed by atoms with E-state index in [1.165, 1.54) is 6.08 Å². The van der Waals surface area contributed by atoms with Gasteiger partial charge in [0.1, 0.15) is 17.4 Å². The van der Waals surface area contributed by atoms with Crippen LogP contribution in [0.15, 0.2) is 50.9 Å². The van der Waals surface area contributed by atoms with Crippen LogP contribution in [0.5, 0.6) is 5.75 Å². The Hall–Kier alpha value is -1.81. The molecular formula is C17H11Br2ClN2O2. The summed E-state index contributed by atoms with van der Waals surface area (Å²) in [5.74, 6) is 0.138. The molecule has 0 saturated carbocycles. The number of methoxy groups -OCH3 is 1.